The molecule has 1 unspecified atom stereocenters. The van der Waals surface area contributed by atoms with E-state index in [0.717, 1.165) is 12.8 Å². The number of hydrogen-bond donors (Lipinski definition) is 3. The molecule has 0 heterocycles. The van der Waals surface area contributed by atoms with Crippen LogP contribution in [0.4, 0.5) is 0 Å². The van der Waals surface area contributed by atoms with Crippen LogP contribution in [0.25, 0.3) is 0 Å². The average molecular weight is 258 g/mol. The Kier molecular flexibility index (Phi) is 7.59. The number of nitrogens with one attached hydrogen (secondary N) is 1. The highest BCUT2D eigenvalue weighted by atomic mass is 16.4. The van der Waals surface area contributed by atoms with Gasteiger partial charge in [-0.3, -0.25) is 9.59 Å². The van der Waals surface area contributed by atoms with Crippen molar-refractivity contribution in [2.75, 3.05) is 6.54 Å². The van der Waals surface area contributed by atoms with Crippen molar-refractivity contribution in [3.05, 3.63) is 0 Å². The number of carboxylic acids is 1. The molecule has 0 aliphatic carbocycles. The molecule has 0 aromatic heterocycles. The van der Waals surface area contributed by atoms with Crippen LogP contribution in [0.1, 0.15) is 52.9 Å². The number of amides is 1. The molecule has 0 rings (SSSR count). The number of carbonyl (C=O) groups excluding carboxylic acids is 1. The minimum absolute atomic E-state index is 0.147. The summed E-state index contributed by atoms with van der Waals surface area (Å²) < 4.78 is 0. The van der Waals surface area contributed by atoms with Crippen LogP contribution in [0, 0.1) is 5.41 Å². The maximum absolute atomic E-state index is 11.7. The molecule has 0 aromatic rings. The second-order valence-electron chi connectivity index (χ2n) is 4.76. The number of hydrogen-bond acceptors (Lipinski definition) is 3. The van der Waals surface area contributed by atoms with E-state index in [0.29, 0.717) is 19.3 Å². The molecule has 18 heavy (non-hydrogen) atoms. The maximum Gasteiger partial charge on any atom is 0.311 e. The largest absolute Gasteiger partial charge is 0.481 e. The Hall–Kier alpha value is -1.10. The fourth-order valence-electron chi connectivity index (χ4n) is 1.82. The molecule has 0 aromatic carbocycles. The lowest BCUT2D eigenvalue weighted by Gasteiger charge is -2.27. The Labute approximate surface area is 109 Å². The summed E-state index contributed by atoms with van der Waals surface area (Å²) in [4.78, 5) is 23.0. The van der Waals surface area contributed by atoms with Crippen molar-refractivity contribution in [2.45, 2.75) is 58.9 Å². The van der Waals surface area contributed by atoms with Crippen molar-refractivity contribution in [3.8, 4) is 0 Å². The normalized spacial score (nSPS) is 13.1. The summed E-state index contributed by atoms with van der Waals surface area (Å²) in [6.07, 6.45) is 3.51. The zero-order chi connectivity index (χ0) is 14.2. The summed E-state index contributed by atoms with van der Waals surface area (Å²) in [5.74, 6) is -1.12. The van der Waals surface area contributed by atoms with E-state index in [1.54, 1.807) is 0 Å². The van der Waals surface area contributed by atoms with E-state index < -0.39 is 17.4 Å². The van der Waals surface area contributed by atoms with E-state index in [2.05, 4.69) is 5.32 Å². The van der Waals surface area contributed by atoms with Gasteiger partial charge in [0.25, 0.3) is 0 Å². The molecular weight excluding hydrogens is 232 g/mol. The molecule has 0 aliphatic rings. The van der Waals surface area contributed by atoms with Gasteiger partial charge in [0.15, 0.2) is 0 Å². The van der Waals surface area contributed by atoms with Gasteiger partial charge in [-0.1, -0.05) is 33.6 Å². The smallest absolute Gasteiger partial charge is 0.311 e. The molecule has 0 spiro atoms. The van der Waals surface area contributed by atoms with Crippen molar-refractivity contribution in [2.24, 2.45) is 11.1 Å². The summed E-state index contributed by atoms with van der Waals surface area (Å²) in [5.41, 5.74) is 4.86. The van der Waals surface area contributed by atoms with Crippen molar-refractivity contribution in [1.29, 1.82) is 0 Å². The van der Waals surface area contributed by atoms with Gasteiger partial charge >= 0.3 is 5.97 Å². The van der Waals surface area contributed by atoms with Crippen molar-refractivity contribution in [3.63, 3.8) is 0 Å². The third kappa shape index (κ3) is 4.64. The van der Waals surface area contributed by atoms with Gasteiger partial charge in [0.05, 0.1) is 11.5 Å². The number of carbonyl (C=O) groups is 2. The van der Waals surface area contributed by atoms with Gasteiger partial charge in [0, 0.05) is 6.54 Å². The molecule has 0 saturated carbocycles. The van der Waals surface area contributed by atoms with Crippen LogP contribution >= 0.6 is 0 Å². The first-order valence-electron chi connectivity index (χ1n) is 6.70. The van der Waals surface area contributed by atoms with Crippen LogP contribution in [0.3, 0.4) is 0 Å². The van der Waals surface area contributed by atoms with Gasteiger partial charge < -0.3 is 16.2 Å². The lowest BCUT2D eigenvalue weighted by molar-refractivity contribution is -0.149. The quantitative estimate of drug-likeness (QED) is 0.584. The fraction of sp³-hybridized carbons (Fsp3) is 0.846. The first kappa shape index (κ1) is 16.9. The summed E-state index contributed by atoms with van der Waals surface area (Å²) in [6.45, 7) is 5.82. The Morgan fingerprint density at radius 2 is 1.83 bits per heavy atom. The standard InChI is InChI=1S/C13H26N2O3/c1-4-7-8-10(14)11(16)15-9-13(5-2,6-3)12(17)18/h10H,4-9,14H2,1-3H3,(H,15,16)(H,17,18). The molecular formula is C13H26N2O3. The topological polar surface area (TPSA) is 92.4 Å². The summed E-state index contributed by atoms with van der Waals surface area (Å²) in [5, 5.41) is 11.9. The maximum atomic E-state index is 11.7. The zero-order valence-electron chi connectivity index (χ0n) is 11.7. The van der Waals surface area contributed by atoms with Gasteiger partial charge in [0.2, 0.25) is 5.91 Å². The highest BCUT2D eigenvalue weighted by molar-refractivity contribution is 5.82. The van der Waals surface area contributed by atoms with Crippen LogP contribution in [0.5, 0.6) is 0 Å². The first-order valence-corrected chi connectivity index (χ1v) is 6.70. The molecule has 5 nitrogen and oxygen atoms in total. The molecule has 0 fully saturated rings. The van der Waals surface area contributed by atoms with Gasteiger partial charge in [0.1, 0.15) is 0 Å². The van der Waals surface area contributed by atoms with Crippen molar-refractivity contribution < 1.29 is 14.7 Å². The van der Waals surface area contributed by atoms with E-state index in [1.165, 1.54) is 0 Å². The third-order valence-corrected chi connectivity index (χ3v) is 3.61. The summed E-state index contributed by atoms with van der Waals surface area (Å²) >= 11 is 0. The molecule has 5 heteroatoms. The molecule has 1 amide bonds. The predicted molar refractivity (Wildman–Crippen MR) is 71.2 cm³/mol. The molecule has 4 N–H and O–H groups in total. The molecule has 1 atom stereocenters. The second-order valence-corrected chi connectivity index (χ2v) is 4.76. The van der Waals surface area contributed by atoms with Gasteiger partial charge in [-0.25, -0.2) is 0 Å². The first-order chi connectivity index (χ1) is 8.43. The molecule has 106 valence electrons. The lowest BCUT2D eigenvalue weighted by Crippen LogP contribution is -2.47. The SMILES string of the molecule is CCCCC(N)C(=O)NCC(CC)(CC)C(=O)O. The minimum Gasteiger partial charge on any atom is -0.481 e. The molecule has 0 saturated heterocycles. The Morgan fingerprint density at radius 1 is 1.28 bits per heavy atom. The number of unbranched alkanes of at least 4 members (excludes halogenated alkanes) is 1. The Balaban J connectivity index is 4.36. The highest BCUT2D eigenvalue weighted by Crippen LogP contribution is 2.25. The van der Waals surface area contributed by atoms with E-state index in [1.807, 2.05) is 20.8 Å². The van der Waals surface area contributed by atoms with E-state index in [9.17, 15) is 14.7 Å². The molecule has 0 bridgehead atoms. The van der Waals surface area contributed by atoms with E-state index >= 15 is 0 Å². The van der Waals surface area contributed by atoms with Gasteiger partial charge in [-0.15, -0.1) is 0 Å². The highest BCUT2D eigenvalue weighted by Gasteiger charge is 2.35. The van der Waals surface area contributed by atoms with Crippen molar-refractivity contribution in [1.82, 2.24) is 5.32 Å². The number of aliphatic carboxylic acids is 1. The monoisotopic (exact) mass is 258 g/mol. The zero-order valence-corrected chi connectivity index (χ0v) is 11.7. The minimum atomic E-state index is -0.875. The van der Waals surface area contributed by atoms with Crippen LogP contribution in [-0.2, 0) is 9.59 Å². The lowest BCUT2D eigenvalue weighted by atomic mass is 9.82. The van der Waals surface area contributed by atoms with Gasteiger partial charge in [-0.2, -0.15) is 0 Å². The Bertz CT molecular complexity index is 275. The van der Waals surface area contributed by atoms with Crippen LogP contribution in [-0.4, -0.2) is 29.6 Å². The van der Waals surface area contributed by atoms with Gasteiger partial charge in [-0.05, 0) is 19.3 Å². The number of nitrogens with two attached hydrogens (primary N) is 1. The van der Waals surface area contributed by atoms with E-state index in [-0.39, 0.29) is 12.5 Å². The predicted octanol–water partition coefficient (Wildman–Crippen LogP) is 1.51. The third-order valence-electron chi connectivity index (χ3n) is 3.61. The van der Waals surface area contributed by atoms with Crippen LogP contribution in [0.15, 0.2) is 0 Å². The van der Waals surface area contributed by atoms with Crippen LogP contribution in [0.2, 0.25) is 0 Å². The van der Waals surface area contributed by atoms with Crippen LogP contribution < -0.4 is 11.1 Å². The van der Waals surface area contributed by atoms with Crippen molar-refractivity contribution >= 4 is 11.9 Å². The van der Waals surface area contributed by atoms with E-state index in [4.69, 9.17) is 5.73 Å². The second kappa shape index (κ2) is 8.08. The number of carboxylic acid groups (broad SMARTS) is 1. The average Bonchev–Trinajstić information content (AvgIpc) is 2.36. The summed E-state index contributed by atoms with van der Waals surface area (Å²) in [6, 6.07) is -0.537. The summed E-state index contributed by atoms with van der Waals surface area (Å²) in [7, 11) is 0. The number of rotatable bonds is 9. The molecule has 0 aliphatic heterocycles. The molecule has 0 radical (unpaired) electrons. The Morgan fingerprint density at radius 3 is 2.22 bits per heavy atom. The fourth-order valence-corrected chi connectivity index (χ4v) is 1.82.